The summed E-state index contributed by atoms with van der Waals surface area (Å²) in [6.07, 6.45) is 0.877. The Balaban J connectivity index is 1.87. The topological polar surface area (TPSA) is 84.4 Å². The van der Waals surface area contributed by atoms with Crippen LogP contribution in [0.1, 0.15) is 39.4 Å². The van der Waals surface area contributed by atoms with Crippen molar-refractivity contribution in [3.8, 4) is 11.1 Å². The fourth-order valence-corrected chi connectivity index (χ4v) is 5.73. The molecule has 0 spiro atoms. The molecule has 6 nitrogen and oxygen atoms in total. The number of nitrogens with zero attached hydrogens (tertiary/aromatic N) is 2. The second-order valence-corrected chi connectivity index (χ2v) is 10.4. The predicted octanol–water partition coefficient (Wildman–Crippen LogP) is 5.08. The number of imide groups is 1. The fourth-order valence-electron chi connectivity index (χ4n) is 4.57. The largest absolute Gasteiger partial charge is 0.269 e. The summed E-state index contributed by atoms with van der Waals surface area (Å²) >= 11 is 0. The van der Waals surface area contributed by atoms with Crippen molar-refractivity contribution < 1.29 is 31.2 Å². The number of halogens is 3. The predicted molar refractivity (Wildman–Crippen MR) is 126 cm³/mol. The van der Waals surface area contributed by atoms with Gasteiger partial charge in [0.25, 0.3) is 11.8 Å². The summed E-state index contributed by atoms with van der Waals surface area (Å²) in [6, 6.07) is 10.8. The molecule has 1 aliphatic rings. The molecule has 2 amide bonds. The van der Waals surface area contributed by atoms with Crippen LogP contribution in [0.5, 0.6) is 0 Å². The minimum atomic E-state index is -4.15. The van der Waals surface area contributed by atoms with Crippen molar-refractivity contribution >= 4 is 32.6 Å². The Morgan fingerprint density at radius 2 is 1.42 bits per heavy atom. The van der Waals surface area contributed by atoms with Crippen LogP contribution < -0.4 is 0 Å². The molecule has 0 N–H and O–H groups in total. The third kappa shape index (κ3) is 3.74. The number of rotatable bonds is 4. The van der Waals surface area contributed by atoms with Crippen LogP contribution in [0.4, 0.5) is 13.2 Å². The molecule has 10 heteroatoms. The molecule has 3 aromatic carbocycles. The Labute approximate surface area is 203 Å². The number of sulfone groups is 1. The van der Waals surface area contributed by atoms with Crippen molar-refractivity contribution in [1.82, 2.24) is 9.88 Å². The molecule has 2 heterocycles. The van der Waals surface area contributed by atoms with E-state index in [9.17, 15) is 31.2 Å². The van der Waals surface area contributed by atoms with Gasteiger partial charge in [0.05, 0.1) is 33.3 Å². The highest BCUT2D eigenvalue weighted by Crippen LogP contribution is 2.41. The number of aromatic nitrogens is 1. The molecule has 182 valence electrons. The van der Waals surface area contributed by atoms with Crippen LogP contribution in [0.3, 0.4) is 0 Å². The first kappa shape index (κ1) is 23.7. The van der Waals surface area contributed by atoms with Crippen LogP contribution in [-0.4, -0.2) is 36.4 Å². The van der Waals surface area contributed by atoms with E-state index in [4.69, 9.17) is 0 Å². The summed E-state index contributed by atoms with van der Waals surface area (Å²) in [6.45, 7) is 1.46. The molecule has 1 atom stereocenters. The van der Waals surface area contributed by atoms with Crippen molar-refractivity contribution in [2.75, 3.05) is 6.26 Å². The molecule has 36 heavy (non-hydrogen) atoms. The Hall–Kier alpha value is -4.05. The number of carbonyl (C=O) groups is 2. The van der Waals surface area contributed by atoms with Gasteiger partial charge in [0.1, 0.15) is 17.5 Å². The minimum absolute atomic E-state index is 0.0657. The summed E-state index contributed by atoms with van der Waals surface area (Å²) in [7, 11) is -4.15. The Morgan fingerprint density at radius 3 is 1.97 bits per heavy atom. The lowest BCUT2D eigenvalue weighted by molar-refractivity contribution is 0.0592. The first-order chi connectivity index (χ1) is 17.0. The molecule has 0 aliphatic carbocycles. The van der Waals surface area contributed by atoms with E-state index < -0.39 is 50.0 Å². The van der Waals surface area contributed by atoms with E-state index in [0.29, 0.717) is 6.07 Å². The van der Waals surface area contributed by atoms with Gasteiger partial charge in [-0.1, -0.05) is 12.1 Å². The van der Waals surface area contributed by atoms with Crippen LogP contribution in [-0.2, 0) is 9.84 Å². The van der Waals surface area contributed by atoms with Gasteiger partial charge < -0.3 is 0 Å². The molecule has 0 bridgehead atoms. The Bertz CT molecular complexity index is 1670. The van der Waals surface area contributed by atoms with Crippen molar-refractivity contribution in [1.29, 1.82) is 0 Å². The van der Waals surface area contributed by atoms with Crippen LogP contribution in [0.25, 0.3) is 22.0 Å². The van der Waals surface area contributed by atoms with Crippen molar-refractivity contribution in [3.63, 3.8) is 0 Å². The third-order valence-electron chi connectivity index (χ3n) is 6.06. The molecular formula is C26H17F3N2O4S. The molecule has 4 aromatic rings. The van der Waals surface area contributed by atoms with Gasteiger partial charge >= 0.3 is 0 Å². The first-order valence-electron chi connectivity index (χ1n) is 10.7. The minimum Gasteiger partial charge on any atom is -0.269 e. The second kappa shape index (κ2) is 8.27. The second-order valence-electron chi connectivity index (χ2n) is 8.49. The number of benzene rings is 3. The van der Waals surface area contributed by atoms with E-state index in [2.05, 4.69) is 4.98 Å². The van der Waals surface area contributed by atoms with Gasteiger partial charge in [-0.05, 0) is 55.0 Å². The molecule has 5 rings (SSSR count). The molecule has 0 saturated carbocycles. The molecule has 0 fully saturated rings. The number of pyridine rings is 1. The lowest BCUT2D eigenvalue weighted by Crippen LogP contribution is -2.33. The van der Waals surface area contributed by atoms with E-state index in [1.807, 2.05) is 0 Å². The number of amides is 2. The maximum Gasteiger partial charge on any atom is 0.262 e. The number of fused-ring (bicyclic) bond motifs is 2. The number of hydrogen-bond acceptors (Lipinski definition) is 5. The lowest BCUT2D eigenvalue weighted by atomic mass is 9.97. The van der Waals surface area contributed by atoms with E-state index in [-0.39, 0.29) is 38.9 Å². The van der Waals surface area contributed by atoms with Gasteiger partial charge in [0, 0.05) is 23.3 Å². The average Bonchev–Trinajstić information content (AvgIpc) is 3.06. The monoisotopic (exact) mass is 510 g/mol. The standard InChI is InChI=1S/C26H17F3N2O4S/c1-13(31-25(32)18-5-3-4-6-19(18)26(31)33)23-22(14-9-16(28)11-17(29)10-14)24(36(2,34)35)20-12-15(27)7-8-21(20)30-23/h3-13H,1-2H3. The smallest absolute Gasteiger partial charge is 0.262 e. The van der Waals surface area contributed by atoms with Gasteiger partial charge in [-0.2, -0.15) is 0 Å². The van der Waals surface area contributed by atoms with Gasteiger partial charge in [-0.25, -0.2) is 26.6 Å². The zero-order valence-electron chi connectivity index (χ0n) is 18.9. The first-order valence-corrected chi connectivity index (χ1v) is 12.6. The summed E-state index contributed by atoms with van der Waals surface area (Å²) in [4.78, 5) is 31.3. The van der Waals surface area contributed by atoms with Gasteiger partial charge in [-0.15, -0.1) is 0 Å². The van der Waals surface area contributed by atoms with Crippen LogP contribution >= 0.6 is 0 Å². The molecular weight excluding hydrogens is 493 g/mol. The summed E-state index contributed by atoms with van der Waals surface area (Å²) in [5.41, 5.74) is -0.106. The van der Waals surface area contributed by atoms with Crippen molar-refractivity contribution in [2.45, 2.75) is 17.9 Å². The maximum atomic E-state index is 14.3. The lowest BCUT2D eigenvalue weighted by Gasteiger charge is -2.26. The highest BCUT2D eigenvalue weighted by molar-refractivity contribution is 7.91. The highest BCUT2D eigenvalue weighted by atomic mass is 32.2. The van der Waals surface area contributed by atoms with E-state index in [0.717, 1.165) is 35.4 Å². The van der Waals surface area contributed by atoms with Crippen LogP contribution in [0.15, 0.2) is 65.6 Å². The SMILES string of the molecule is CC(c1nc2ccc(F)cc2c(S(C)(=O)=O)c1-c1cc(F)cc(F)c1)N1C(=O)c2ccccc2C1=O. The van der Waals surface area contributed by atoms with E-state index >= 15 is 0 Å². The van der Waals surface area contributed by atoms with Crippen molar-refractivity contribution in [3.05, 3.63) is 94.9 Å². The van der Waals surface area contributed by atoms with Crippen LogP contribution in [0, 0.1) is 17.5 Å². The Morgan fingerprint density at radius 1 is 0.833 bits per heavy atom. The fraction of sp³-hybridized carbons (Fsp3) is 0.115. The summed E-state index contributed by atoms with van der Waals surface area (Å²) in [5, 5.41) is -0.101. The highest BCUT2D eigenvalue weighted by Gasteiger charge is 2.41. The number of hydrogen-bond donors (Lipinski definition) is 0. The molecule has 0 radical (unpaired) electrons. The summed E-state index contributed by atoms with van der Waals surface area (Å²) in [5.74, 6) is -3.96. The third-order valence-corrected chi connectivity index (χ3v) is 7.22. The van der Waals surface area contributed by atoms with E-state index in [1.165, 1.54) is 25.1 Å². The molecule has 1 aliphatic heterocycles. The van der Waals surface area contributed by atoms with Gasteiger partial charge in [-0.3, -0.25) is 14.5 Å². The van der Waals surface area contributed by atoms with Gasteiger partial charge in [0.2, 0.25) is 0 Å². The zero-order chi connectivity index (χ0) is 25.9. The number of carbonyl (C=O) groups excluding carboxylic acids is 2. The van der Waals surface area contributed by atoms with E-state index in [1.54, 1.807) is 12.1 Å². The maximum absolute atomic E-state index is 14.3. The molecule has 1 unspecified atom stereocenters. The zero-order valence-corrected chi connectivity index (χ0v) is 19.7. The average molecular weight is 510 g/mol. The molecule has 1 aromatic heterocycles. The normalized spacial score (nSPS) is 14.4. The van der Waals surface area contributed by atoms with Gasteiger partial charge in [0.15, 0.2) is 9.84 Å². The Kier molecular flexibility index (Phi) is 5.44. The van der Waals surface area contributed by atoms with Crippen molar-refractivity contribution in [2.24, 2.45) is 0 Å². The quantitative estimate of drug-likeness (QED) is 0.358. The van der Waals surface area contributed by atoms with Crippen LogP contribution in [0.2, 0.25) is 0 Å². The summed E-state index contributed by atoms with van der Waals surface area (Å²) < 4.78 is 68.8. The molecule has 0 saturated heterocycles.